The van der Waals surface area contributed by atoms with E-state index in [2.05, 4.69) is 31.4 Å². The second kappa shape index (κ2) is 8.39. The Bertz CT molecular complexity index is 1170. The SMILES string of the molecule is CCCn1c(N/N=C\C(Br)=C\c2ccccc2)nc2c1c(=O)n(C)c(=O)n2C. The zero-order valence-electron chi connectivity index (χ0n) is 15.9. The summed E-state index contributed by atoms with van der Waals surface area (Å²) in [4.78, 5) is 29.2. The van der Waals surface area contributed by atoms with Crippen molar-refractivity contribution in [1.82, 2.24) is 18.7 Å². The van der Waals surface area contributed by atoms with Crippen LogP contribution < -0.4 is 16.7 Å². The Morgan fingerprint density at radius 1 is 1.21 bits per heavy atom. The first-order valence-electron chi connectivity index (χ1n) is 8.81. The lowest BCUT2D eigenvalue weighted by Crippen LogP contribution is -2.37. The number of hydrogen-bond donors (Lipinski definition) is 1. The van der Waals surface area contributed by atoms with E-state index in [1.807, 2.05) is 43.3 Å². The summed E-state index contributed by atoms with van der Waals surface area (Å²) < 4.78 is 4.97. The second-order valence-electron chi connectivity index (χ2n) is 6.27. The number of anilines is 1. The van der Waals surface area contributed by atoms with E-state index in [0.29, 0.717) is 23.7 Å². The number of hydrogen-bond acceptors (Lipinski definition) is 5. The van der Waals surface area contributed by atoms with Gasteiger partial charge in [-0.1, -0.05) is 37.3 Å². The minimum atomic E-state index is -0.415. The molecule has 0 aliphatic carbocycles. The molecule has 8 nitrogen and oxygen atoms in total. The Morgan fingerprint density at radius 2 is 1.93 bits per heavy atom. The summed E-state index contributed by atoms with van der Waals surface area (Å²) in [5, 5.41) is 4.21. The predicted octanol–water partition coefficient (Wildman–Crippen LogP) is 2.68. The van der Waals surface area contributed by atoms with Crippen molar-refractivity contribution in [1.29, 1.82) is 0 Å². The van der Waals surface area contributed by atoms with Crippen molar-refractivity contribution in [2.24, 2.45) is 19.2 Å². The number of aryl methyl sites for hydroxylation is 2. The van der Waals surface area contributed by atoms with Crippen molar-refractivity contribution >= 4 is 45.3 Å². The highest BCUT2D eigenvalue weighted by Gasteiger charge is 2.18. The first-order chi connectivity index (χ1) is 13.4. The van der Waals surface area contributed by atoms with E-state index in [1.54, 1.807) is 17.8 Å². The fourth-order valence-corrected chi connectivity index (χ4v) is 3.24. The molecular weight excluding hydrogens is 424 g/mol. The summed E-state index contributed by atoms with van der Waals surface area (Å²) in [5.74, 6) is 0.409. The molecule has 3 rings (SSSR count). The molecule has 0 saturated heterocycles. The van der Waals surface area contributed by atoms with Crippen LogP contribution in [0.4, 0.5) is 5.95 Å². The second-order valence-corrected chi connectivity index (χ2v) is 7.19. The number of hydrazone groups is 1. The third-order valence-electron chi connectivity index (χ3n) is 4.25. The number of rotatable bonds is 6. The zero-order chi connectivity index (χ0) is 20.3. The first-order valence-corrected chi connectivity index (χ1v) is 9.61. The molecular formula is C19H21BrN6O2. The third-order valence-corrected chi connectivity index (χ3v) is 4.69. The lowest BCUT2D eigenvalue weighted by molar-refractivity contribution is 0.679. The molecule has 1 N–H and O–H groups in total. The number of fused-ring (bicyclic) bond motifs is 1. The smallest absolute Gasteiger partial charge is 0.303 e. The summed E-state index contributed by atoms with van der Waals surface area (Å²) in [6.45, 7) is 2.58. The van der Waals surface area contributed by atoms with Gasteiger partial charge >= 0.3 is 5.69 Å². The average molecular weight is 445 g/mol. The predicted molar refractivity (Wildman–Crippen MR) is 116 cm³/mol. The van der Waals surface area contributed by atoms with Gasteiger partial charge in [0.25, 0.3) is 5.56 Å². The van der Waals surface area contributed by atoms with Crippen molar-refractivity contribution in [2.45, 2.75) is 19.9 Å². The van der Waals surface area contributed by atoms with Crippen LogP contribution in [0.1, 0.15) is 18.9 Å². The van der Waals surface area contributed by atoms with Gasteiger partial charge in [-0.25, -0.2) is 10.2 Å². The molecule has 146 valence electrons. The number of imidazole rings is 1. The average Bonchev–Trinajstić information content (AvgIpc) is 3.04. The highest BCUT2D eigenvalue weighted by atomic mass is 79.9. The summed E-state index contributed by atoms with van der Waals surface area (Å²) in [7, 11) is 3.06. The molecule has 0 aliphatic rings. The Labute approximate surface area is 170 Å². The van der Waals surface area contributed by atoms with Crippen LogP contribution in [0.15, 0.2) is 49.5 Å². The number of nitrogens with zero attached hydrogens (tertiary/aromatic N) is 5. The van der Waals surface area contributed by atoms with Crippen LogP contribution in [0.25, 0.3) is 17.2 Å². The van der Waals surface area contributed by atoms with Crippen molar-refractivity contribution in [2.75, 3.05) is 5.43 Å². The molecule has 28 heavy (non-hydrogen) atoms. The number of allylic oxidation sites excluding steroid dienone is 1. The molecule has 0 bridgehead atoms. The fraction of sp³-hybridized carbons (Fsp3) is 0.263. The van der Waals surface area contributed by atoms with Gasteiger partial charge in [-0.3, -0.25) is 13.9 Å². The van der Waals surface area contributed by atoms with E-state index in [0.717, 1.165) is 21.0 Å². The number of halogens is 1. The normalized spacial score (nSPS) is 12.2. The molecule has 0 amide bonds. The first kappa shape index (κ1) is 19.8. The van der Waals surface area contributed by atoms with E-state index >= 15 is 0 Å². The van der Waals surface area contributed by atoms with Crippen LogP contribution in [0.3, 0.4) is 0 Å². The highest BCUT2D eigenvalue weighted by Crippen LogP contribution is 2.16. The number of benzene rings is 1. The molecule has 0 unspecified atom stereocenters. The topological polar surface area (TPSA) is 86.2 Å². The van der Waals surface area contributed by atoms with E-state index in [4.69, 9.17) is 0 Å². The van der Waals surface area contributed by atoms with Gasteiger partial charge in [0.05, 0.1) is 6.21 Å². The van der Waals surface area contributed by atoms with Crippen LogP contribution in [0, 0.1) is 0 Å². The molecule has 2 heterocycles. The molecule has 3 aromatic rings. The minimum Gasteiger partial charge on any atom is -0.303 e. The van der Waals surface area contributed by atoms with E-state index in [-0.39, 0.29) is 5.56 Å². The molecule has 9 heteroatoms. The lowest BCUT2D eigenvalue weighted by atomic mass is 10.2. The van der Waals surface area contributed by atoms with Gasteiger partial charge in [-0.2, -0.15) is 10.1 Å². The van der Waals surface area contributed by atoms with Gasteiger partial charge in [0.15, 0.2) is 11.2 Å². The molecule has 0 atom stereocenters. The van der Waals surface area contributed by atoms with E-state index < -0.39 is 5.69 Å². The van der Waals surface area contributed by atoms with Gasteiger partial charge in [-0.15, -0.1) is 0 Å². The van der Waals surface area contributed by atoms with Crippen LogP contribution in [-0.2, 0) is 20.6 Å². The summed E-state index contributed by atoms with van der Waals surface area (Å²) >= 11 is 3.46. The number of aromatic nitrogens is 4. The molecule has 0 saturated carbocycles. The van der Waals surface area contributed by atoms with Crippen LogP contribution in [-0.4, -0.2) is 24.9 Å². The van der Waals surface area contributed by atoms with Crippen molar-refractivity contribution in [3.63, 3.8) is 0 Å². The van der Waals surface area contributed by atoms with Gasteiger partial charge in [0, 0.05) is 25.1 Å². The van der Waals surface area contributed by atoms with Crippen molar-refractivity contribution < 1.29 is 0 Å². The van der Waals surface area contributed by atoms with Crippen LogP contribution in [0.2, 0.25) is 0 Å². The standard InChI is InChI=1S/C19H21BrN6O2/c1-4-10-26-15-16(24(2)19(28)25(3)17(15)27)22-18(26)23-21-12-14(20)11-13-8-6-5-7-9-13/h5-9,11-12H,4,10H2,1-3H3,(H,22,23)/b14-11-,21-12-. The summed E-state index contributed by atoms with van der Waals surface area (Å²) in [6, 6.07) is 9.84. The van der Waals surface area contributed by atoms with Gasteiger partial charge in [0.2, 0.25) is 5.95 Å². The Hall–Kier alpha value is -2.94. The van der Waals surface area contributed by atoms with Crippen LogP contribution in [0.5, 0.6) is 0 Å². The largest absolute Gasteiger partial charge is 0.332 e. The lowest BCUT2D eigenvalue weighted by Gasteiger charge is -2.07. The Balaban J connectivity index is 1.97. The maximum atomic E-state index is 12.6. The highest BCUT2D eigenvalue weighted by molar-refractivity contribution is 9.12. The van der Waals surface area contributed by atoms with Gasteiger partial charge in [0.1, 0.15) is 0 Å². The van der Waals surface area contributed by atoms with Crippen molar-refractivity contribution in [3.8, 4) is 0 Å². The zero-order valence-corrected chi connectivity index (χ0v) is 17.5. The molecule has 0 spiro atoms. The summed E-state index contributed by atoms with van der Waals surface area (Å²) in [6.07, 6.45) is 4.34. The molecule has 0 radical (unpaired) electrons. The third kappa shape index (κ3) is 3.84. The van der Waals surface area contributed by atoms with Gasteiger partial charge < -0.3 is 4.57 Å². The molecule has 0 aliphatic heterocycles. The monoisotopic (exact) mass is 444 g/mol. The molecule has 1 aromatic carbocycles. The van der Waals surface area contributed by atoms with Gasteiger partial charge in [-0.05, 0) is 34.0 Å². The Kier molecular flexibility index (Phi) is 5.93. The van der Waals surface area contributed by atoms with Crippen molar-refractivity contribution in [3.05, 3.63) is 61.2 Å². The molecule has 0 fully saturated rings. The van der Waals surface area contributed by atoms with Crippen LogP contribution >= 0.6 is 15.9 Å². The van der Waals surface area contributed by atoms with E-state index in [1.165, 1.54) is 11.6 Å². The maximum Gasteiger partial charge on any atom is 0.332 e. The minimum absolute atomic E-state index is 0.332. The summed E-state index contributed by atoms with van der Waals surface area (Å²) in [5.41, 5.74) is 3.84. The Morgan fingerprint density at radius 3 is 2.61 bits per heavy atom. The quantitative estimate of drug-likeness (QED) is 0.467. The number of nitrogens with one attached hydrogen (secondary N) is 1. The fourth-order valence-electron chi connectivity index (χ4n) is 2.87. The molecule has 2 aromatic heterocycles. The maximum absolute atomic E-state index is 12.6. The van der Waals surface area contributed by atoms with E-state index in [9.17, 15) is 9.59 Å².